The Balaban J connectivity index is 2.65. The first-order valence-electron chi connectivity index (χ1n) is 5.58. The van der Waals surface area contributed by atoms with Gasteiger partial charge in [-0.1, -0.05) is 0 Å². The smallest absolute Gasteiger partial charge is 0.283 e. The minimum atomic E-state index is -3.73. The molecule has 0 aliphatic carbocycles. The number of nitrogens with two attached hydrogens (primary N) is 1. The standard InChI is InChI=1S/C12H15N3O3S/c1-8-6-10(18-3)7-9(2)12(8)19(16,17)15-5-4-11(13)14-15/h4-7H,1-3H3,(H2,13,14). The van der Waals surface area contributed by atoms with Gasteiger partial charge >= 0.3 is 0 Å². The fourth-order valence-electron chi connectivity index (χ4n) is 1.98. The van der Waals surface area contributed by atoms with E-state index in [2.05, 4.69) is 5.10 Å². The lowest BCUT2D eigenvalue weighted by Gasteiger charge is -2.12. The third-order valence-electron chi connectivity index (χ3n) is 2.76. The summed E-state index contributed by atoms with van der Waals surface area (Å²) < 4.78 is 31.0. The number of hydrogen-bond donors (Lipinski definition) is 1. The van der Waals surface area contributed by atoms with Crippen molar-refractivity contribution in [2.24, 2.45) is 0 Å². The van der Waals surface area contributed by atoms with Crippen molar-refractivity contribution in [3.8, 4) is 5.75 Å². The lowest BCUT2D eigenvalue weighted by molar-refractivity contribution is 0.413. The van der Waals surface area contributed by atoms with Gasteiger partial charge in [-0.2, -0.15) is 12.5 Å². The second-order valence-electron chi connectivity index (χ2n) is 4.21. The monoisotopic (exact) mass is 281 g/mol. The molecular formula is C12H15N3O3S. The van der Waals surface area contributed by atoms with Crippen LogP contribution in [-0.2, 0) is 10.0 Å². The van der Waals surface area contributed by atoms with Gasteiger partial charge < -0.3 is 10.5 Å². The zero-order valence-corrected chi connectivity index (χ0v) is 11.7. The molecule has 0 atom stereocenters. The largest absolute Gasteiger partial charge is 0.497 e. The van der Waals surface area contributed by atoms with Gasteiger partial charge in [0.25, 0.3) is 10.0 Å². The number of anilines is 1. The van der Waals surface area contributed by atoms with E-state index in [1.165, 1.54) is 19.4 Å². The number of nitrogen functional groups attached to an aromatic ring is 1. The molecule has 7 heteroatoms. The van der Waals surface area contributed by atoms with E-state index >= 15 is 0 Å². The Labute approximate surface area is 111 Å². The minimum Gasteiger partial charge on any atom is -0.497 e. The molecular weight excluding hydrogens is 266 g/mol. The molecule has 0 spiro atoms. The molecule has 0 amide bonds. The second kappa shape index (κ2) is 4.58. The Hall–Kier alpha value is -2.02. The molecule has 0 saturated carbocycles. The molecule has 0 unspecified atom stereocenters. The van der Waals surface area contributed by atoms with Crippen LogP contribution in [0.1, 0.15) is 11.1 Å². The van der Waals surface area contributed by atoms with Crippen LogP contribution in [0.25, 0.3) is 0 Å². The zero-order valence-electron chi connectivity index (χ0n) is 10.9. The Morgan fingerprint density at radius 2 is 1.84 bits per heavy atom. The maximum atomic E-state index is 12.5. The van der Waals surface area contributed by atoms with E-state index in [0.29, 0.717) is 16.9 Å². The van der Waals surface area contributed by atoms with Crippen molar-refractivity contribution in [2.45, 2.75) is 18.7 Å². The number of nitrogens with zero attached hydrogens (tertiary/aromatic N) is 2. The number of rotatable bonds is 3. The number of hydrogen-bond acceptors (Lipinski definition) is 5. The zero-order chi connectivity index (χ0) is 14.2. The highest BCUT2D eigenvalue weighted by atomic mass is 32.2. The van der Waals surface area contributed by atoms with E-state index in [1.54, 1.807) is 26.0 Å². The van der Waals surface area contributed by atoms with E-state index in [9.17, 15) is 8.42 Å². The average molecular weight is 281 g/mol. The van der Waals surface area contributed by atoms with Crippen LogP contribution in [0.3, 0.4) is 0 Å². The van der Waals surface area contributed by atoms with Crippen LogP contribution in [-0.4, -0.2) is 24.7 Å². The number of aromatic nitrogens is 2. The third kappa shape index (κ3) is 2.28. The normalized spacial score (nSPS) is 11.5. The molecule has 6 nitrogen and oxygen atoms in total. The van der Waals surface area contributed by atoms with E-state index in [1.807, 2.05) is 0 Å². The molecule has 102 valence electrons. The minimum absolute atomic E-state index is 0.160. The van der Waals surface area contributed by atoms with E-state index in [4.69, 9.17) is 10.5 Å². The summed E-state index contributed by atoms with van der Waals surface area (Å²) in [6.45, 7) is 3.44. The summed E-state index contributed by atoms with van der Waals surface area (Å²) in [6, 6.07) is 4.78. The van der Waals surface area contributed by atoms with Crippen LogP contribution in [0, 0.1) is 13.8 Å². The third-order valence-corrected chi connectivity index (χ3v) is 4.62. The Morgan fingerprint density at radius 3 is 2.26 bits per heavy atom. The van der Waals surface area contributed by atoms with Gasteiger partial charge in [-0.15, -0.1) is 5.10 Å². The summed E-state index contributed by atoms with van der Waals surface area (Å²) in [7, 11) is -2.20. The highest BCUT2D eigenvalue weighted by molar-refractivity contribution is 7.90. The fraction of sp³-hybridized carbons (Fsp3) is 0.250. The van der Waals surface area contributed by atoms with Crippen molar-refractivity contribution in [3.63, 3.8) is 0 Å². The van der Waals surface area contributed by atoms with Crippen LogP contribution < -0.4 is 10.5 Å². The van der Waals surface area contributed by atoms with Crippen molar-refractivity contribution in [2.75, 3.05) is 12.8 Å². The molecule has 0 aliphatic rings. The van der Waals surface area contributed by atoms with Crippen molar-refractivity contribution in [3.05, 3.63) is 35.5 Å². The van der Waals surface area contributed by atoms with Crippen molar-refractivity contribution in [1.82, 2.24) is 9.19 Å². The average Bonchev–Trinajstić information content (AvgIpc) is 2.75. The van der Waals surface area contributed by atoms with E-state index < -0.39 is 10.0 Å². The van der Waals surface area contributed by atoms with Gasteiger partial charge in [0.05, 0.1) is 12.0 Å². The lowest BCUT2D eigenvalue weighted by Crippen LogP contribution is -2.16. The predicted molar refractivity (Wildman–Crippen MR) is 71.7 cm³/mol. The van der Waals surface area contributed by atoms with Crippen molar-refractivity contribution in [1.29, 1.82) is 0 Å². The molecule has 1 aromatic carbocycles. The molecule has 1 aromatic heterocycles. The van der Waals surface area contributed by atoms with Gasteiger partial charge in [-0.05, 0) is 37.1 Å². The summed E-state index contributed by atoms with van der Waals surface area (Å²) in [4.78, 5) is 0.219. The van der Waals surface area contributed by atoms with Gasteiger partial charge in [-0.3, -0.25) is 0 Å². The quantitative estimate of drug-likeness (QED) is 0.917. The first-order chi connectivity index (χ1) is 8.86. The van der Waals surface area contributed by atoms with Crippen molar-refractivity contribution < 1.29 is 13.2 Å². The van der Waals surface area contributed by atoms with Crippen LogP contribution in [0.2, 0.25) is 0 Å². The maximum Gasteiger partial charge on any atom is 0.283 e. The van der Waals surface area contributed by atoms with Crippen LogP contribution in [0.15, 0.2) is 29.3 Å². The van der Waals surface area contributed by atoms with Gasteiger partial charge in [0.1, 0.15) is 11.6 Å². The lowest BCUT2D eigenvalue weighted by atomic mass is 10.1. The number of benzene rings is 1. The van der Waals surface area contributed by atoms with Crippen LogP contribution in [0.5, 0.6) is 5.75 Å². The highest BCUT2D eigenvalue weighted by Gasteiger charge is 2.23. The molecule has 0 saturated heterocycles. The molecule has 0 fully saturated rings. The number of methoxy groups -OCH3 is 1. The van der Waals surface area contributed by atoms with Gasteiger partial charge in [0.2, 0.25) is 0 Å². The molecule has 2 aromatic rings. The molecule has 2 rings (SSSR count). The summed E-state index contributed by atoms with van der Waals surface area (Å²) >= 11 is 0. The van der Waals surface area contributed by atoms with E-state index in [0.717, 1.165) is 4.09 Å². The first-order valence-corrected chi connectivity index (χ1v) is 7.02. The number of aryl methyl sites for hydroxylation is 2. The fourth-order valence-corrected chi connectivity index (χ4v) is 3.52. The van der Waals surface area contributed by atoms with Gasteiger partial charge in [0, 0.05) is 12.3 Å². The first kappa shape index (κ1) is 13.4. The highest BCUT2D eigenvalue weighted by Crippen LogP contribution is 2.27. The van der Waals surface area contributed by atoms with Gasteiger partial charge in [0.15, 0.2) is 0 Å². The maximum absolute atomic E-state index is 12.5. The number of ether oxygens (including phenoxy) is 1. The second-order valence-corrected chi connectivity index (χ2v) is 5.94. The summed E-state index contributed by atoms with van der Waals surface area (Å²) in [6.07, 6.45) is 1.33. The Kier molecular flexibility index (Phi) is 3.23. The summed E-state index contributed by atoms with van der Waals surface area (Å²) in [5.41, 5.74) is 6.66. The Bertz CT molecular complexity index is 697. The van der Waals surface area contributed by atoms with Crippen molar-refractivity contribution >= 4 is 15.8 Å². The predicted octanol–water partition coefficient (Wildman–Crippen LogP) is 1.33. The van der Waals surface area contributed by atoms with Crippen LogP contribution >= 0.6 is 0 Å². The molecule has 1 heterocycles. The molecule has 19 heavy (non-hydrogen) atoms. The Morgan fingerprint density at radius 1 is 1.26 bits per heavy atom. The summed E-state index contributed by atoms with van der Waals surface area (Å²) in [5.74, 6) is 0.779. The summed E-state index contributed by atoms with van der Waals surface area (Å²) in [5, 5.41) is 3.76. The molecule has 2 N–H and O–H groups in total. The SMILES string of the molecule is COc1cc(C)c(S(=O)(=O)n2ccc(N)n2)c(C)c1. The topological polar surface area (TPSA) is 87.2 Å². The van der Waals surface area contributed by atoms with Gasteiger partial charge in [-0.25, -0.2) is 0 Å². The molecule has 0 radical (unpaired) electrons. The molecule has 0 aliphatic heterocycles. The molecule has 0 bridgehead atoms. The van der Waals surface area contributed by atoms with E-state index in [-0.39, 0.29) is 10.7 Å². The van der Waals surface area contributed by atoms with Crippen LogP contribution in [0.4, 0.5) is 5.82 Å².